The molecule has 30 heavy (non-hydrogen) atoms. The topological polar surface area (TPSA) is 59.9 Å². The number of amidine groups is 1. The van der Waals surface area contributed by atoms with Crippen molar-refractivity contribution in [3.8, 4) is 11.5 Å². The number of nitrogens with one attached hydrogen (secondary N) is 1. The maximum atomic E-state index is 12.4. The molecule has 0 saturated carbocycles. The minimum absolute atomic E-state index is 0.151. The molecule has 1 saturated heterocycles. The van der Waals surface area contributed by atoms with E-state index in [0.29, 0.717) is 40.7 Å². The molecular formula is C24H28N2O3S. The number of benzene rings is 2. The van der Waals surface area contributed by atoms with Crippen LogP contribution in [0.3, 0.4) is 0 Å². The number of carbonyl (C=O) groups excluding carboxylic acids is 1. The molecule has 0 aromatic heterocycles. The van der Waals surface area contributed by atoms with E-state index >= 15 is 0 Å². The minimum atomic E-state index is -0.151. The zero-order chi connectivity index (χ0) is 21.7. The number of ether oxygens (including phenoxy) is 2. The lowest BCUT2D eigenvalue weighted by atomic mass is 10.1. The SMILES string of the molecule is CCOc1cc(/C=C2\SC(=Nc3cccc(C)c3C)NC2=O)ccc1OCC(C)C. The molecular weight excluding hydrogens is 396 g/mol. The van der Waals surface area contributed by atoms with E-state index in [0.717, 1.165) is 16.8 Å². The Morgan fingerprint density at radius 3 is 2.67 bits per heavy atom. The number of amides is 1. The van der Waals surface area contributed by atoms with E-state index in [1.165, 1.54) is 17.3 Å². The molecule has 5 nitrogen and oxygen atoms in total. The van der Waals surface area contributed by atoms with Crippen LogP contribution in [0.5, 0.6) is 11.5 Å². The number of hydrogen-bond acceptors (Lipinski definition) is 5. The number of aryl methyl sites for hydroxylation is 1. The number of carbonyl (C=O) groups is 1. The molecule has 2 aromatic rings. The molecule has 0 radical (unpaired) electrons. The summed E-state index contributed by atoms with van der Waals surface area (Å²) in [5.41, 5.74) is 4.02. The zero-order valence-corrected chi connectivity index (χ0v) is 18.9. The summed E-state index contributed by atoms with van der Waals surface area (Å²) < 4.78 is 11.6. The summed E-state index contributed by atoms with van der Waals surface area (Å²) in [6, 6.07) is 11.7. The van der Waals surface area contributed by atoms with Crippen molar-refractivity contribution in [2.24, 2.45) is 10.9 Å². The molecule has 0 atom stereocenters. The Kier molecular flexibility index (Phi) is 7.21. The lowest BCUT2D eigenvalue weighted by Crippen LogP contribution is -2.19. The summed E-state index contributed by atoms with van der Waals surface area (Å²) in [4.78, 5) is 17.7. The molecule has 1 amide bonds. The molecule has 0 unspecified atom stereocenters. The predicted molar refractivity (Wildman–Crippen MR) is 125 cm³/mol. The number of nitrogens with zero attached hydrogens (tertiary/aromatic N) is 1. The van der Waals surface area contributed by atoms with Crippen LogP contribution < -0.4 is 14.8 Å². The fraction of sp³-hybridized carbons (Fsp3) is 0.333. The van der Waals surface area contributed by atoms with Crippen molar-refractivity contribution in [3.05, 3.63) is 58.0 Å². The van der Waals surface area contributed by atoms with Crippen molar-refractivity contribution < 1.29 is 14.3 Å². The largest absolute Gasteiger partial charge is 0.490 e. The van der Waals surface area contributed by atoms with Gasteiger partial charge < -0.3 is 14.8 Å². The third-order valence-corrected chi connectivity index (χ3v) is 5.50. The summed E-state index contributed by atoms with van der Waals surface area (Å²) in [5, 5.41) is 3.44. The summed E-state index contributed by atoms with van der Waals surface area (Å²) in [7, 11) is 0. The van der Waals surface area contributed by atoms with Crippen LogP contribution in [0.2, 0.25) is 0 Å². The van der Waals surface area contributed by atoms with Gasteiger partial charge in [0.1, 0.15) is 0 Å². The standard InChI is InChI=1S/C24H28N2O3S/c1-6-28-21-12-18(10-11-20(21)29-14-15(2)3)13-22-23(27)26-24(30-22)25-19-9-7-8-16(4)17(19)5/h7-13,15H,6,14H2,1-5H3,(H,25,26,27)/b22-13-. The highest BCUT2D eigenvalue weighted by molar-refractivity contribution is 8.18. The molecule has 1 heterocycles. The van der Waals surface area contributed by atoms with Crippen molar-refractivity contribution in [1.82, 2.24) is 5.32 Å². The van der Waals surface area contributed by atoms with Crippen molar-refractivity contribution in [2.75, 3.05) is 13.2 Å². The molecule has 1 aliphatic rings. The van der Waals surface area contributed by atoms with Crippen LogP contribution in [-0.2, 0) is 4.79 Å². The van der Waals surface area contributed by atoms with Gasteiger partial charge in [-0.15, -0.1) is 0 Å². The van der Waals surface area contributed by atoms with Gasteiger partial charge in [-0.25, -0.2) is 4.99 Å². The van der Waals surface area contributed by atoms with Crippen LogP contribution in [0.1, 0.15) is 37.5 Å². The predicted octanol–water partition coefficient (Wildman–Crippen LogP) is 5.63. The lowest BCUT2D eigenvalue weighted by molar-refractivity contribution is -0.115. The van der Waals surface area contributed by atoms with Crippen molar-refractivity contribution in [2.45, 2.75) is 34.6 Å². The van der Waals surface area contributed by atoms with Gasteiger partial charge >= 0.3 is 0 Å². The summed E-state index contributed by atoms with van der Waals surface area (Å²) in [5.74, 6) is 1.67. The van der Waals surface area contributed by atoms with E-state index in [2.05, 4.69) is 37.1 Å². The van der Waals surface area contributed by atoms with Gasteiger partial charge in [0.15, 0.2) is 16.7 Å². The van der Waals surface area contributed by atoms with Crippen LogP contribution in [0.4, 0.5) is 5.69 Å². The van der Waals surface area contributed by atoms with Crippen molar-refractivity contribution >= 4 is 34.6 Å². The molecule has 3 rings (SSSR count). The van der Waals surface area contributed by atoms with Crippen molar-refractivity contribution in [1.29, 1.82) is 0 Å². The molecule has 1 fully saturated rings. The van der Waals surface area contributed by atoms with E-state index in [-0.39, 0.29) is 5.91 Å². The second-order valence-corrected chi connectivity index (χ2v) is 8.58. The quantitative estimate of drug-likeness (QED) is 0.585. The van der Waals surface area contributed by atoms with Gasteiger partial charge in [-0.1, -0.05) is 32.0 Å². The van der Waals surface area contributed by atoms with Crippen LogP contribution in [0.25, 0.3) is 6.08 Å². The maximum Gasteiger partial charge on any atom is 0.264 e. The van der Waals surface area contributed by atoms with E-state index in [1.807, 2.05) is 50.3 Å². The van der Waals surface area contributed by atoms with Gasteiger partial charge in [-0.05, 0) is 79.4 Å². The Morgan fingerprint density at radius 1 is 1.13 bits per heavy atom. The van der Waals surface area contributed by atoms with E-state index in [1.54, 1.807) is 0 Å². The Morgan fingerprint density at radius 2 is 1.93 bits per heavy atom. The molecule has 1 N–H and O–H groups in total. The van der Waals surface area contributed by atoms with Crippen LogP contribution in [-0.4, -0.2) is 24.3 Å². The van der Waals surface area contributed by atoms with Gasteiger partial charge in [-0.2, -0.15) is 0 Å². The third-order valence-electron chi connectivity index (χ3n) is 4.59. The fourth-order valence-electron chi connectivity index (χ4n) is 2.86. The Labute approximate surface area is 182 Å². The molecule has 0 spiro atoms. The minimum Gasteiger partial charge on any atom is -0.490 e. The highest BCUT2D eigenvalue weighted by Crippen LogP contribution is 2.33. The van der Waals surface area contributed by atoms with Gasteiger partial charge in [0, 0.05) is 0 Å². The number of hydrogen-bond donors (Lipinski definition) is 1. The smallest absolute Gasteiger partial charge is 0.264 e. The van der Waals surface area contributed by atoms with Gasteiger partial charge in [0.25, 0.3) is 5.91 Å². The van der Waals surface area contributed by atoms with E-state index in [4.69, 9.17) is 9.47 Å². The summed E-state index contributed by atoms with van der Waals surface area (Å²) in [6.07, 6.45) is 1.85. The Hall–Kier alpha value is -2.73. The zero-order valence-electron chi connectivity index (χ0n) is 18.1. The van der Waals surface area contributed by atoms with Gasteiger partial charge in [-0.3, -0.25) is 4.79 Å². The number of aliphatic imine (C=N–C) groups is 1. The van der Waals surface area contributed by atoms with Crippen molar-refractivity contribution in [3.63, 3.8) is 0 Å². The lowest BCUT2D eigenvalue weighted by Gasteiger charge is -2.14. The van der Waals surface area contributed by atoms with Crippen LogP contribution >= 0.6 is 11.8 Å². The highest BCUT2D eigenvalue weighted by atomic mass is 32.2. The maximum absolute atomic E-state index is 12.4. The second kappa shape index (κ2) is 9.85. The molecule has 2 aromatic carbocycles. The third kappa shape index (κ3) is 5.45. The van der Waals surface area contributed by atoms with Gasteiger partial charge in [0.2, 0.25) is 0 Å². The first-order chi connectivity index (χ1) is 14.4. The summed E-state index contributed by atoms with van der Waals surface area (Å²) >= 11 is 1.34. The monoisotopic (exact) mass is 424 g/mol. The number of rotatable bonds is 7. The fourth-order valence-corrected chi connectivity index (χ4v) is 3.69. The van der Waals surface area contributed by atoms with Crippen LogP contribution in [0.15, 0.2) is 46.3 Å². The Bertz CT molecular complexity index is 996. The average Bonchev–Trinajstić information content (AvgIpc) is 3.04. The molecule has 0 bridgehead atoms. The number of thioether (sulfide) groups is 1. The van der Waals surface area contributed by atoms with E-state index in [9.17, 15) is 4.79 Å². The molecule has 158 valence electrons. The first kappa shape index (κ1) is 22.0. The Balaban J connectivity index is 1.82. The molecule has 1 aliphatic heterocycles. The normalized spacial score (nSPS) is 16.4. The first-order valence-electron chi connectivity index (χ1n) is 10.1. The summed E-state index contributed by atoms with van der Waals surface area (Å²) in [6.45, 7) is 11.4. The average molecular weight is 425 g/mol. The second-order valence-electron chi connectivity index (χ2n) is 7.54. The highest BCUT2D eigenvalue weighted by Gasteiger charge is 2.24. The molecule has 6 heteroatoms. The van der Waals surface area contributed by atoms with Gasteiger partial charge in [0.05, 0.1) is 23.8 Å². The molecule has 0 aliphatic carbocycles. The van der Waals surface area contributed by atoms with Crippen LogP contribution in [0, 0.1) is 19.8 Å². The van der Waals surface area contributed by atoms with E-state index < -0.39 is 0 Å². The first-order valence-corrected chi connectivity index (χ1v) is 10.9.